The van der Waals surface area contributed by atoms with Gasteiger partial charge < -0.3 is 5.32 Å². The van der Waals surface area contributed by atoms with Gasteiger partial charge in [0, 0.05) is 40.2 Å². The van der Waals surface area contributed by atoms with Crippen LogP contribution in [0.1, 0.15) is 82.2 Å². The SMILES string of the molecule is CCN(C1CCC(C(=O)NS(C)(=O)=O)CC1)S(=O)(=O)c1cccc(C(=O)Nc2sc3c(c2C(=O)c2cnn(-c4ccc(Cl)cc4)c2)CCCC3)c1. The molecule has 0 bridgehead atoms. The topological polar surface area (TPSA) is 165 Å². The molecule has 0 atom stereocenters. The summed E-state index contributed by atoms with van der Waals surface area (Å²) in [7, 11) is -7.73. The van der Waals surface area contributed by atoms with Crippen LogP contribution in [-0.2, 0) is 37.7 Å². The van der Waals surface area contributed by atoms with Gasteiger partial charge in [0.2, 0.25) is 26.0 Å². The predicted octanol–water partition coefficient (Wildman–Crippen LogP) is 5.59. The number of fused-ring (bicyclic) bond motifs is 1. The lowest BCUT2D eigenvalue weighted by atomic mass is 9.85. The quantitative estimate of drug-likeness (QED) is 0.186. The molecule has 2 aromatic carbocycles. The molecule has 12 nitrogen and oxygen atoms in total. The van der Waals surface area contributed by atoms with Crippen molar-refractivity contribution in [1.82, 2.24) is 18.8 Å². The minimum absolute atomic E-state index is 0.0506. The highest BCUT2D eigenvalue weighted by molar-refractivity contribution is 7.89. The molecule has 6 rings (SSSR count). The molecule has 0 aliphatic heterocycles. The van der Waals surface area contributed by atoms with E-state index in [2.05, 4.69) is 10.4 Å². The van der Waals surface area contributed by atoms with Crippen LogP contribution in [-0.4, -0.2) is 67.4 Å². The van der Waals surface area contributed by atoms with Gasteiger partial charge in [-0.1, -0.05) is 24.6 Å². The van der Waals surface area contributed by atoms with E-state index in [1.165, 1.54) is 46.1 Å². The maximum atomic E-state index is 14.0. The highest BCUT2D eigenvalue weighted by Crippen LogP contribution is 2.40. The third-order valence-electron chi connectivity index (χ3n) is 9.34. The number of thiophene rings is 1. The highest BCUT2D eigenvalue weighted by Gasteiger charge is 2.36. The molecule has 2 aromatic heterocycles. The first-order chi connectivity index (χ1) is 24.2. The fourth-order valence-electron chi connectivity index (χ4n) is 6.84. The average molecular weight is 772 g/mol. The molecule has 1 fully saturated rings. The predicted molar refractivity (Wildman–Crippen MR) is 196 cm³/mol. The lowest BCUT2D eigenvalue weighted by Gasteiger charge is -2.35. The van der Waals surface area contributed by atoms with Gasteiger partial charge in [0.05, 0.1) is 34.2 Å². The first kappa shape index (κ1) is 36.9. The summed E-state index contributed by atoms with van der Waals surface area (Å²) in [6.07, 6.45) is 8.92. The Labute approximate surface area is 306 Å². The second-order valence-electron chi connectivity index (χ2n) is 12.8. The molecule has 270 valence electrons. The molecule has 2 aliphatic carbocycles. The van der Waals surface area contributed by atoms with E-state index >= 15 is 0 Å². The van der Waals surface area contributed by atoms with Crippen LogP contribution in [0, 0.1) is 5.92 Å². The Bertz CT molecular complexity index is 2190. The maximum absolute atomic E-state index is 14.0. The number of benzene rings is 2. The maximum Gasteiger partial charge on any atom is 0.256 e. The number of hydrogen-bond donors (Lipinski definition) is 2. The number of aromatic nitrogens is 2. The van der Waals surface area contributed by atoms with Crippen LogP contribution in [0.4, 0.5) is 5.00 Å². The van der Waals surface area contributed by atoms with E-state index < -0.39 is 43.8 Å². The molecule has 0 saturated heterocycles. The van der Waals surface area contributed by atoms with Crippen molar-refractivity contribution in [2.75, 3.05) is 18.1 Å². The largest absolute Gasteiger partial charge is 0.313 e. The molecule has 2 amide bonds. The zero-order valence-electron chi connectivity index (χ0n) is 28.1. The number of nitrogens with zero attached hydrogens (tertiary/aromatic N) is 3. The Morgan fingerprint density at radius 3 is 2.37 bits per heavy atom. The molecule has 0 radical (unpaired) electrons. The first-order valence-corrected chi connectivity index (χ1v) is 21.2. The van der Waals surface area contributed by atoms with Crippen LogP contribution in [0.2, 0.25) is 5.02 Å². The summed E-state index contributed by atoms with van der Waals surface area (Å²) in [5.74, 6) is -1.91. The molecule has 0 unspecified atom stereocenters. The van der Waals surface area contributed by atoms with Crippen molar-refractivity contribution in [1.29, 1.82) is 0 Å². The number of carbonyl (C=O) groups excluding carboxylic acids is 3. The van der Waals surface area contributed by atoms with Crippen LogP contribution in [0.3, 0.4) is 0 Å². The number of rotatable bonds is 11. The molecule has 0 spiro atoms. The van der Waals surface area contributed by atoms with Crippen molar-refractivity contribution >= 4 is 65.6 Å². The number of aryl methyl sites for hydroxylation is 1. The van der Waals surface area contributed by atoms with Crippen LogP contribution >= 0.6 is 22.9 Å². The van der Waals surface area contributed by atoms with Gasteiger partial charge >= 0.3 is 0 Å². The van der Waals surface area contributed by atoms with Crippen molar-refractivity contribution in [3.8, 4) is 5.69 Å². The lowest BCUT2D eigenvalue weighted by Crippen LogP contribution is -2.44. The fraction of sp³-hybridized carbons (Fsp3) is 0.371. The van der Waals surface area contributed by atoms with Gasteiger partial charge in [-0.15, -0.1) is 11.3 Å². The second kappa shape index (κ2) is 15.0. The standard InChI is InChI=1S/C35H38ClN5O7S3/c1-3-41(27-15-11-22(12-16-27)34(44)39-50(2,45)46)51(47,48)28-8-6-7-23(19-28)33(43)38-35-31(29-9-4-5-10-30(29)49-35)32(42)24-20-37-40(21-24)26-17-13-25(36)14-18-26/h6-8,13-14,17-22,27H,3-5,9-12,15-16H2,1-2H3,(H,38,43)(H,39,44). The minimum Gasteiger partial charge on any atom is -0.313 e. The van der Waals surface area contributed by atoms with Crippen LogP contribution in [0.25, 0.3) is 5.69 Å². The van der Waals surface area contributed by atoms with Gasteiger partial charge in [0.15, 0.2) is 5.78 Å². The van der Waals surface area contributed by atoms with Gasteiger partial charge in [-0.2, -0.15) is 9.40 Å². The number of anilines is 1. The van der Waals surface area contributed by atoms with Crippen molar-refractivity contribution in [3.63, 3.8) is 0 Å². The summed E-state index contributed by atoms with van der Waals surface area (Å²) in [5, 5.41) is 8.30. The Morgan fingerprint density at radius 1 is 0.980 bits per heavy atom. The summed E-state index contributed by atoms with van der Waals surface area (Å²) in [4.78, 5) is 41.1. The lowest BCUT2D eigenvalue weighted by molar-refractivity contribution is -0.124. The van der Waals surface area contributed by atoms with Crippen LogP contribution < -0.4 is 10.0 Å². The molecule has 2 heterocycles. The molecule has 4 aromatic rings. The Balaban J connectivity index is 1.21. The van der Waals surface area contributed by atoms with E-state index in [0.717, 1.165) is 41.6 Å². The summed E-state index contributed by atoms with van der Waals surface area (Å²) >= 11 is 7.40. The first-order valence-electron chi connectivity index (χ1n) is 16.7. The normalized spacial score (nSPS) is 17.9. The zero-order chi connectivity index (χ0) is 36.5. The summed E-state index contributed by atoms with van der Waals surface area (Å²) in [6, 6.07) is 12.5. The van der Waals surface area contributed by atoms with Crippen molar-refractivity contribution in [2.45, 2.75) is 69.2 Å². The summed E-state index contributed by atoms with van der Waals surface area (Å²) in [6.45, 7) is 1.90. The monoisotopic (exact) mass is 771 g/mol. The molecule has 2 N–H and O–H groups in total. The fourth-order valence-corrected chi connectivity index (χ4v) is 10.5. The Kier molecular flexibility index (Phi) is 10.8. The molecule has 1 saturated carbocycles. The van der Waals surface area contributed by atoms with Crippen molar-refractivity contribution in [3.05, 3.63) is 93.1 Å². The van der Waals surface area contributed by atoms with Gasteiger partial charge in [-0.3, -0.25) is 19.1 Å². The highest BCUT2D eigenvalue weighted by atomic mass is 35.5. The summed E-state index contributed by atoms with van der Waals surface area (Å²) in [5.41, 5.74) is 2.57. The van der Waals surface area contributed by atoms with E-state index in [-0.39, 0.29) is 22.8 Å². The van der Waals surface area contributed by atoms with Crippen molar-refractivity contribution in [2.24, 2.45) is 5.92 Å². The minimum atomic E-state index is -4.04. The van der Waals surface area contributed by atoms with E-state index in [1.54, 1.807) is 42.1 Å². The van der Waals surface area contributed by atoms with Crippen molar-refractivity contribution < 1.29 is 31.2 Å². The molecule has 16 heteroatoms. The Hall–Kier alpha value is -3.89. The number of ketones is 1. The third-order valence-corrected chi connectivity index (χ3v) is 13.4. The van der Waals surface area contributed by atoms with Gasteiger partial charge in [-0.25, -0.2) is 21.5 Å². The van der Waals surface area contributed by atoms with Gasteiger partial charge in [-0.05, 0) is 99.4 Å². The van der Waals surface area contributed by atoms with Crippen LogP contribution in [0.15, 0.2) is 65.8 Å². The number of hydrogen-bond acceptors (Lipinski definition) is 9. The average Bonchev–Trinajstić information content (AvgIpc) is 3.74. The van der Waals surface area contributed by atoms with E-state index in [4.69, 9.17) is 11.6 Å². The van der Waals surface area contributed by atoms with Gasteiger partial charge in [0.1, 0.15) is 5.00 Å². The number of nitrogens with one attached hydrogen (secondary N) is 2. The smallest absolute Gasteiger partial charge is 0.256 e. The second-order valence-corrected chi connectivity index (χ2v) is 18.0. The van der Waals surface area contributed by atoms with Gasteiger partial charge in [0.25, 0.3) is 5.91 Å². The molecule has 2 aliphatic rings. The summed E-state index contributed by atoms with van der Waals surface area (Å²) < 4.78 is 55.9. The molecule has 51 heavy (non-hydrogen) atoms. The number of sulfonamides is 2. The molecular formula is C35H38ClN5O7S3. The third kappa shape index (κ3) is 8.12. The molecular weight excluding hydrogens is 734 g/mol. The van der Waals surface area contributed by atoms with E-state index in [1.807, 2.05) is 4.72 Å². The number of carbonyl (C=O) groups is 3. The number of amides is 2. The van der Waals surface area contributed by atoms with E-state index in [9.17, 15) is 31.2 Å². The Morgan fingerprint density at radius 2 is 1.69 bits per heavy atom. The van der Waals surface area contributed by atoms with E-state index in [0.29, 0.717) is 53.3 Å². The zero-order valence-corrected chi connectivity index (χ0v) is 31.3. The van der Waals surface area contributed by atoms with Crippen LogP contribution in [0.5, 0.6) is 0 Å². The number of halogens is 1.